The Labute approximate surface area is 121 Å². The van der Waals surface area contributed by atoms with Gasteiger partial charge in [0.05, 0.1) is 17.9 Å². The van der Waals surface area contributed by atoms with Crippen LogP contribution in [0.5, 0.6) is 0 Å². The molecule has 2 aromatic heterocycles. The molecule has 6 heteroatoms. The molecule has 0 unspecified atom stereocenters. The maximum absolute atomic E-state index is 12.0. The fourth-order valence-corrected chi connectivity index (χ4v) is 2.75. The molecule has 2 rings (SSSR count). The Bertz CT molecular complexity index is 633. The Morgan fingerprint density at radius 1 is 1.47 bits per heavy atom. The van der Waals surface area contributed by atoms with Gasteiger partial charge >= 0.3 is 0 Å². The lowest BCUT2D eigenvalue weighted by Gasteiger charge is -2.12. The molecule has 0 radical (unpaired) electrons. The van der Waals surface area contributed by atoms with Crippen LogP contribution in [0.4, 0.5) is 5.69 Å². The highest BCUT2D eigenvalue weighted by Gasteiger charge is 2.11. The predicted octanol–water partition coefficient (Wildman–Crippen LogP) is 3.46. The van der Waals surface area contributed by atoms with Gasteiger partial charge in [-0.1, -0.05) is 11.6 Å². The third-order valence-electron chi connectivity index (χ3n) is 2.86. The maximum Gasteiger partial charge on any atom is 0.287 e. The first-order chi connectivity index (χ1) is 9.00. The number of aryl methyl sites for hydroxylation is 1. The summed E-state index contributed by atoms with van der Waals surface area (Å²) in [4.78, 5) is 12.0. The largest absolute Gasteiger partial charge is 0.378 e. The summed E-state index contributed by atoms with van der Waals surface area (Å²) >= 11 is 7.75. The first-order valence-electron chi connectivity index (χ1n) is 6.03. The Hall–Kier alpha value is -1.33. The van der Waals surface area contributed by atoms with Gasteiger partial charge in [-0.15, -0.1) is 0 Å². The van der Waals surface area contributed by atoms with Gasteiger partial charge in [-0.2, -0.15) is 16.4 Å². The third kappa shape index (κ3) is 2.98. The quantitative estimate of drug-likeness (QED) is 0.940. The van der Waals surface area contributed by atoms with E-state index in [9.17, 15) is 4.79 Å². The van der Waals surface area contributed by atoms with Crippen LogP contribution in [0.15, 0.2) is 21.8 Å². The molecule has 0 bridgehead atoms. The van der Waals surface area contributed by atoms with Crippen molar-refractivity contribution in [3.63, 3.8) is 0 Å². The van der Waals surface area contributed by atoms with Crippen LogP contribution in [-0.2, 0) is 6.54 Å². The number of halogens is 1. The average Bonchev–Trinajstić information content (AvgIpc) is 2.76. The minimum atomic E-state index is -0.260. The van der Waals surface area contributed by atoms with Crippen LogP contribution >= 0.6 is 22.9 Å². The smallest absolute Gasteiger partial charge is 0.287 e. The summed E-state index contributed by atoms with van der Waals surface area (Å²) in [6.07, 6.45) is 1.60. The van der Waals surface area contributed by atoms with Crippen LogP contribution in [0.3, 0.4) is 0 Å². The molecule has 1 N–H and O–H groups in total. The van der Waals surface area contributed by atoms with E-state index in [1.807, 2.05) is 13.8 Å². The number of nitrogens with zero attached hydrogens (tertiary/aromatic N) is 2. The number of thiophene rings is 1. The second-order valence-electron chi connectivity index (χ2n) is 4.65. The topological polar surface area (TPSA) is 46.9 Å². The number of anilines is 1. The zero-order chi connectivity index (χ0) is 14.0. The van der Waals surface area contributed by atoms with Gasteiger partial charge in [-0.3, -0.25) is 4.79 Å². The standard InChI is InChI=1S/C13H16ClN3OS/c1-8(2)17-13(18)12(14)11(5-16-17)15-4-10-7-19-6-9(10)3/h5-8,15H,4H2,1-3H3. The maximum atomic E-state index is 12.0. The van der Waals surface area contributed by atoms with E-state index in [2.05, 4.69) is 28.1 Å². The lowest BCUT2D eigenvalue weighted by Crippen LogP contribution is -2.25. The first kappa shape index (κ1) is 14.1. The predicted molar refractivity (Wildman–Crippen MR) is 80.3 cm³/mol. The van der Waals surface area contributed by atoms with Gasteiger partial charge in [-0.05, 0) is 42.7 Å². The van der Waals surface area contributed by atoms with E-state index in [0.29, 0.717) is 12.2 Å². The second kappa shape index (κ2) is 5.75. The van der Waals surface area contributed by atoms with E-state index in [-0.39, 0.29) is 16.6 Å². The zero-order valence-electron chi connectivity index (χ0n) is 11.1. The highest BCUT2D eigenvalue weighted by atomic mass is 35.5. The minimum Gasteiger partial charge on any atom is -0.378 e. The van der Waals surface area contributed by atoms with Gasteiger partial charge in [0.25, 0.3) is 5.56 Å². The van der Waals surface area contributed by atoms with Gasteiger partial charge < -0.3 is 5.32 Å². The van der Waals surface area contributed by atoms with E-state index < -0.39 is 0 Å². The third-order valence-corrected chi connectivity index (χ3v) is 4.14. The van der Waals surface area contributed by atoms with E-state index in [1.54, 1.807) is 17.5 Å². The van der Waals surface area contributed by atoms with Crippen LogP contribution in [0.25, 0.3) is 0 Å². The van der Waals surface area contributed by atoms with Gasteiger partial charge in [0, 0.05) is 6.54 Å². The highest BCUT2D eigenvalue weighted by Crippen LogP contribution is 2.19. The van der Waals surface area contributed by atoms with Crippen molar-refractivity contribution in [1.82, 2.24) is 9.78 Å². The summed E-state index contributed by atoms with van der Waals surface area (Å²) in [5.74, 6) is 0. The van der Waals surface area contributed by atoms with Gasteiger partial charge in [-0.25, -0.2) is 4.68 Å². The fourth-order valence-electron chi connectivity index (χ4n) is 1.69. The van der Waals surface area contributed by atoms with E-state index in [1.165, 1.54) is 15.8 Å². The molecule has 0 amide bonds. The lowest BCUT2D eigenvalue weighted by molar-refractivity contribution is 0.503. The molecule has 0 atom stereocenters. The van der Waals surface area contributed by atoms with E-state index >= 15 is 0 Å². The normalized spacial score (nSPS) is 11.0. The molecule has 102 valence electrons. The lowest BCUT2D eigenvalue weighted by atomic mass is 10.2. The fraction of sp³-hybridized carbons (Fsp3) is 0.385. The molecule has 0 aromatic carbocycles. The van der Waals surface area contributed by atoms with Gasteiger partial charge in [0.1, 0.15) is 5.02 Å². The van der Waals surface area contributed by atoms with E-state index in [4.69, 9.17) is 11.6 Å². The van der Waals surface area contributed by atoms with Crippen LogP contribution < -0.4 is 10.9 Å². The van der Waals surface area contributed by atoms with Crippen LogP contribution in [0, 0.1) is 6.92 Å². The molecule has 0 saturated heterocycles. The minimum absolute atomic E-state index is 0.00170. The molecular weight excluding hydrogens is 282 g/mol. The summed E-state index contributed by atoms with van der Waals surface area (Å²) in [6, 6.07) is -0.00170. The Balaban J connectivity index is 2.20. The number of nitrogens with one attached hydrogen (secondary N) is 1. The Morgan fingerprint density at radius 2 is 2.21 bits per heavy atom. The van der Waals surface area contributed by atoms with Crippen molar-refractivity contribution in [2.75, 3.05) is 5.32 Å². The number of hydrogen-bond acceptors (Lipinski definition) is 4. The molecular formula is C13H16ClN3OS. The molecule has 0 saturated carbocycles. The van der Waals surface area contributed by atoms with Crippen molar-refractivity contribution in [3.8, 4) is 0 Å². The number of rotatable bonds is 4. The van der Waals surface area contributed by atoms with Crippen molar-refractivity contribution >= 4 is 28.6 Å². The van der Waals surface area contributed by atoms with Crippen molar-refractivity contribution in [1.29, 1.82) is 0 Å². The molecule has 0 aliphatic rings. The average molecular weight is 298 g/mol. The van der Waals surface area contributed by atoms with E-state index in [0.717, 1.165) is 0 Å². The Morgan fingerprint density at radius 3 is 2.79 bits per heavy atom. The van der Waals surface area contributed by atoms with Crippen molar-refractivity contribution in [2.24, 2.45) is 0 Å². The monoisotopic (exact) mass is 297 g/mol. The van der Waals surface area contributed by atoms with Crippen LogP contribution in [0.2, 0.25) is 5.02 Å². The molecule has 0 aliphatic carbocycles. The number of aromatic nitrogens is 2. The van der Waals surface area contributed by atoms with Crippen LogP contribution in [-0.4, -0.2) is 9.78 Å². The molecule has 0 aliphatic heterocycles. The van der Waals surface area contributed by atoms with Crippen molar-refractivity contribution in [3.05, 3.63) is 43.5 Å². The van der Waals surface area contributed by atoms with Gasteiger partial charge in [0.2, 0.25) is 0 Å². The van der Waals surface area contributed by atoms with Crippen molar-refractivity contribution < 1.29 is 0 Å². The molecule has 4 nitrogen and oxygen atoms in total. The highest BCUT2D eigenvalue weighted by molar-refractivity contribution is 7.08. The second-order valence-corrected chi connectivity index (χ2v) is 5.77. The van der Waals surface area contributed by atoms with Crippen LogP contribution in [0.1, 0.15) is 31.0 Å². The molecule has 19 heavy (non-hydrogen) atoms. The number of hydrogen-bond donors (Lipinski definition) is 1. The molecule has 2 aromatic rings. The zero-order valence-corrected chi connectivity index (χ0v) is 12.7. The summed E-state index contributed by atoms with van der Waals surface area (Å²) in [6.45, 7) is 6.49. The molecule has 2 heterocycles. The first-order valence-corrected chi connectivity index (χ1v) is 7.35. The summed E-state index contributed by atoms with van der Waals surface area (Å²) < 4.78 is 1.38. The van der Waals surface area contributed by atoms with Crippen molar-refractivity contribution in [2.45, 2.75) is 33.4 Å². The summed E-state index contributed by atoms with van der Waals surface area (Å²) in [5, 5.41) is 11.6. The van der Waals surface area contributed by atoms with Gasteiger partial charge in [0.15, 0.2) is 0 Å². The summed E-state index contributed by atoms with van der Waals surface area (Å²) in [7, 11) is 0. The SMILES string of the molecule is Cc1cscc1CNc1cnn(C(C)C)c(=O)c1Cl. The Kier molecular flexibility index (Phi) is 4.27. The molecule has 0 spiro atoms. The summed E-state index contributed by atoms with van der Waals surface area (Å²) in [5.41, 5.74) is 2.75. The molecule has 0 fully saturated rings.